The molecule has 2 rings (SSSR count). The van der Waals surface area contributed by atoms with Crippen molar-refractivity contribution in [2.75, 3.05) is 33.5 Å². The molecule has 27 heavy (non-hydrogen) atoms. The van der Waals surface area contributed by atoms with Crippen LogP contribution in [0.4, 0.5) is 5.69 Å². The number of nitrogens with zero attached hydrogens (tertiary/aromatic N) is 2. The quantitative estimate of drug-likeness (QED) is 0.689. The normalized spacial score (nSPS) is 11.6. The molecule has 0 aliphatic heterocycles. The van der Waals surface area contributed by atoms with Crippen LogP contribution in [0.1, 0.15) is 11.1 Å². The van der Waals surface area contributed by atoms with E-state index in [0.29, 0.717) is 17.3 Å². The molecule has 0 radical (unpaired) electrons. The summed E-state index contributed by atoms with van der Waals surface area (Å²) in [5, 5.41) is 6.61. The van der Waals surface area contributed by atoms with E-state index in [1.165, 1.54) is 24.0 Å². The zero-order valence-corrected chi connectivity index (χ0v) is 17.7. The van der Waals surface area contributed by atoms with Crippen molar-refractivity contribution in [3.63, 3.8) is 0 Å². The third kappa shape index (κ3) is 6.28. The number of benzene rings is 2. The van der Waals surface area contributed by atoms with E-state index < -0.39 is 10.0 Å². The molecule has 0 fully saturated rings. The van der Waals surface area contributed by atoms with E-state index in [9.17, 15) is 8.42 Å². The molecule has 0 aliphatic carbocycles. The molecule has 0 heterocycles. The molecular weight excluding hydrogens is 380 g/mol. The molecule has 8 heteroatoms. The Morgan fingerprint density at radius 3 is 2.22 bits per heavy atom. The van der Waals surface area contributed by atoms with Crippen molar-refractivity contribution in [2.45, 2.75) is 18.0 Å². The fourth-order valence-electron chi connectivity index (χ4n) is 2.43. The van der Waals surface area contributed by atoms with Crippen LogP contribution in [-0.2, 0) is 23.1 Å². The van der Waals surface area contributed by atoms with Gasteiger partial charge < -0.3 is 15.5 Å². The Balaban J connectivity index is 1.94. The second kappa shape index (κ2) is 9.27. The van der Waals surface area contributed by atoms with E-state index in [0.717, 1.165) is 12.1 Å². The fraction of sp³-hybridized carbons (Fsp3) is 0.316. The van der Waals surface area contributed by atoms with E-state index in [2.05, 4.69) is 39.8 Å². The summed E-state index contributed by atoms with van der Waals surface area (Å²) in [7, 11) is 3.61. The van der Waals surface area contributed by atoms with Gasteiger partial charge in [0.1, 0.15) is 0 Å². The molecule has 0 saturated heterocycles. The van der Waals surface area contributed by atoms with Crippen LogP contribution in [0.2, 0.25) is 0 Å². The topological polar surface area (TPSA) is 64.7 Å². The van der Waals surface area contributed by atoms with Crippen LogP contribution in [0.25, 0.3) is 0 Å². The van der Waals surface area contributed by atoms with Gasteiger partial charge in [0.15, 0.2) is 5.11 Å². The van der Waals surface area contributed by atoms with Crippen LogP contribution < -0.4 is 10.6 Å². The van der Waals surface area contributed by atoms with Crippen LogP contribution in [0.15, 0.2) is 53.4 Å². The summed E-state index contributed by atoms with van der Waals surface area (Å²) in [5.74, 6) is 0. The molecular formula is C19H26N4O2S2. The smallest absolute Gasteiger partial charge is 0.242 e. The molecule has 0 saturated carbocycles. The van der Waals surface area contributed by atoms with Gasteiger partial charge in [0, 0.05) is 32.9 Å². The summed E-state index contributed by atoms with van der Waals surface area (Å²) in [4.78, 5) is 2.34. The van der Waals surface area contributed by atoms with Crippen molar-refractivity contribution in [1.82, 2.24) is 14.5 Å². The Hall–Kier alpha value is -2.00. The second-order valence-electron chi connectivity index (χ2n) is 6.68. The van der Waals surface area contributed by atoms with Gasteiger partial charge in [-0.05, 0) is 55.6 Å². The monoisotopic (exact) mass is 406 g/mol. The maximum atomic E-state index is 12.2. The van der Waals surface area contributed by atoms with Crippen molar-refractivity contribution in [2.24, 2.45) is 0 Å². The van der Waals surface area contributed by atoms with E-state index >= 15 is 0 Å². The maximum absolute atomic E-state index is 12.2. The number of nitrogens with one attached hydrogen (secondary N) is 2. The third-order valence-corrected chi connectivity index (χ3v) is 5.90. The van der Waals surface area contributed by atoms with Gasteiger partial charge in [0.2, 0.25) is 10.0 Å². The summed E-state index contributed by atoms with van der Waals surface area (Å²) < 4.78 is 25.6. The molecule has 0 aromatic heterocycles. The molecule has 2 aromatic carbocycles. The molecule has 2 N–H and O–H groups in total. The van der Waals surface area contributed by atoms with Gasteiger partial charge in [0.05, 0.1) is 4.90 Å². The Morgan fingerprint density at radius 2 is 1.63 bits per heavy atom. The zero-order valence-electron chi connectivity index (χ0n) is 16.1. The average Bonchev–Trinajstić information content (AvgIpc) is 2.61. The van der Waals surface area contributed by atoms with Crippen molar-refractivity contribution in [3.05, 3.63) is 59.7 Å². The highest BCUT2D eigenvalue weighted by molar-refractivity contribution is 7.89. The summed E-state index contributed by atoms with van der Waals surface area (Å²) in [5.41, 5.74) is 2.99. The summed E-state index contributed by atoms with van der Waals surface area (Å²) in [6, 6.07) is 14.9. The van der Waals surface area contributed by atoms with Gasteiger partial charge in [-0.1, -0.05) is 30.3 Å². The van der Waals surface area contributed by atoms with Crippen LogP contribution in [0, 0.1) is 0 Å². The number of sulfonamides is 1. The molecule has 2 aromatic rings. The first-order chi connectivity index (χ1) is 12.7. The number of rotatable bonds is 7. The minimum absolute atomic E-state index is 0.219. The Labute approximate surface area is 167 Å². The number of hydrogen-bond acceptors (Lipinski definition) is 4. The number of hydrogen-bond donors (Lipinski definition) is 2. The first kappa shape index (κ1) is 21.3. The summed E-state index contributed by atoms with van der Waals surface area (Å²) >= 11 is 5.32. The predicted molar refractivity (Wildman–Crippen MR) is 114 cm³/mol. The lowest BCUT2D eigenvalue weighted by molar-refractivity contribution is 0.402. The van der Waals surface area contributed by atoms with E-state index in [1.807, 2.05) is 14.1 Å². The van der Waals surface area contributed by atoms with Crippen molar-refractivity contribution < 1.29 is 8.42 Å². The highest BCUT2D eigenvalue weighted by atomic mass is 32.2. The van der Waals surface area contributed by atoms with Crippen LogP contribution in [0.3, 0.4) is 0 Å². The van der Waals surface area contributed by atoms with Gasteiger partial charge in [-0.15, -0.1) is 0 Å². The first-order valence-corrected chi connectivity index (χ1v) is 10.3. The maximum Gasteiger partial charge on any atom is 0.242 e. The zero-order chi connectivity index (χ0) is 20.0. The molecule has 146 valence electrons. The highest BCUT2D eigenvalue weighted by Gasteiger charge is 2.17. The molecule has 0 atom stereocenters. The van der Waals surface area contributed by atoms with Crippen molar-refractivity contribution in [1.29, 1.82) is 0 Å². The van der Waals surface area contributed by atoms with Gasteiger partial charge in [-0.25, -0.2) is 12.7 Å². The highest BCUT2D eigenvalue weighted by Crippen LogP contribution is 2.18. The lowest BCUT2D eigenvalue weighted by atomic mass is 10.1. The van der Waals surface area contributed by atoms with Crippen molar-refractivity contribution in [3.8, 4) is 0 Å². The van der Waals surface area contributed by atoms with Crippen LogP contribution in [0.5, 0.6) is 0 Å². The lowest BCUT2D eigenvalue weighted by Gasteiger charge is -2.14. The van der Waals surface area contributed by atoms with E-state index in [-0.39, 0.29) is 4.90 Å². The molecule has 0 spiro atoms. The minimum atomic E-state index is -3.48. The lowest BCUT2D eigenvalue weighted by Crippen LogP contribution is -2.28. The predicted octanol–water partition coefficient (Wildman–Crippen LogP) is 2.49. The number of anilines is 1. The first-order valence-electron chi connectivity index (χ1n) is 8.48. The van der Waals surface area contributed by atoms with Crippen LogP contribution in [-0.4, -0.2) is 50.9 Å². The fourth-order valence-corrected chi connectivity index (χ4v) is 3.57. The van der Waals surface area contributed by atoms with Gasteiger partial charge in [0.25, 0.3) is 0 Å². The molecule has 6 nitrogen and oxygen atoms in total. The minimum Gasteiger partial charge on any atom is -0.358 e. The standard InChI is InChI=1S/C19H26N4O2S2/c1-22(2)14-16-10-8-15(9-11-16)13-20-19(26)21-17-6-5-7-18(12-17)27(24,25)23(3)4/h5-12H,13-14H2,1-4H3,(H2,20,21,26). The van der Waals surface area contributed by atoms with Crippen LogP contribution >= 0.6 is 12.2 Å². The molecule has 0 bridgehead atoms. The Bertz CT molecular complexity index is 879. The van der Waals surface area contributed by atoms with Gasteiger partial charge >= 0.3 is 0 Å². The number of thiocarbonyl (C=S) groups is 1. The summed E-state index contributed by atoms with van der Waals surface area (Å²) in [6.07, 6.45) is 0. The van der Waals surface area contributed by atoms with Gasteiger partial charge in [-0.3, -0.25) is 0 Å². The molecule has 0 aliphatic rings. The largest absolute Gasteiger partial charge is 0.358 e. The van der Waals surface area contributed by atoms with E-state index in [1.54, 1.807) is 24.3 Å². The molecule has 0 unspecified atom stereocenters. The Morgan fingerprint density at radius 1 is 1.00 bits per heavy atom. The average molecular weight is 407 g/mol. The van der Waals surface area contributed by atoms with Gasteiger partial charge in [-0.2, -0.15) is 0 Å². The summed E-state index contributed by atoms with van der Waals surface area (Å²) in [6.45, 7) is 1.49. The second-order valence-corrected chi connectivity index (χ2v) is 9.24. The Kier molecular flexibility index (Phi) is 7.32. The third-order valence-electron chi connectivity index (χ3n) is 3.85. The van der Waals surface area contributed by atoms with Crippen molar-refractivity contribution >= 4 is 33.0 Å². The van der Waals surface area contributed by atoms with E-state index in [4.69, 9.17) is 12.2 Å². The SMILES string of the molecule is CN(C)Cc1ccc(CNC(=S)Nc2cccc(S(=O)(=O)N(C)C)c2)cc1. The molecule has 0 amide bonds.